The van der Waals surface area contributed by atoms with Crippen molar-refractivity contribution in [3.05, 3.63) is 48.3 Å². The number of hydrogen-bond acceptors (Lipinski definition) is 7. The predicted octanol–water partition coefficient (Wildman–Crippen LogP) is 2.58. The van der Waals surface area contributed by atoms with Crippen molar-refractivity contribution in [3.63, 3.8) is 0 Å². The van der Waals surface area contributed by atoms with E-state index in [1.54, 1.807) is 35.2 Å². The van der Waals surface area contributed by atoms with Crippen LogP contribution in [0.5, 0.6) is 0 Å². The van der Waals surface area contributed by atoms with Crippen LogP contribution in [-0.4, -0.2) is 70.2 Å². The molecular formula is C22H29N5O4S2. The third-order valence-corrected chi connectivity index (χ3v) is 8.17. The first-order chi connectivity index (χ1) is 15.8. The molecule has 1 aliphatic rings. The summed E-state index contributed by atoms with van der Waals surface area (Å²) in [5, 5.41) is 11.8. The van der Waals surface area contributed by atoms with Gasteiger partial charge >= 0.3 is 0 Å². The van der Waals surface area contributed by atoms with Crippen LogP contribution in [0.15, 0.2) is 42.1 Å². The maximum absolute atomic E-state index is 12.6. The molecule has 33 heavy (non-hydrogen) atoms. The summed E-state index contributed by atoms with van der Waals surface area (Å²) in [5.41, 5.74) is 1.06. The minimum Gasteiger partial charge on any atom is -0.339 e. The Morgan fingerprint density at radius 1 is 1.30 bits per heavy atom. The Kier molecular flexibility index (Phi) is 8.30. The average Bonchev–Trinajstić information content (AvgIpc) is 3.35. The Bertz CT molecular complexity index is 1130. The van der Waals surface area contributed by atoms with Crippen LogP contribution in [0, 0.1) is 0 Å². The number of aromatic nitrogens is 3. The van der Waals surface area contributed by atoms with E-state index in [2.05, 4.69) is 22.1 Å². The number of anilines is 1. The largest absolute Gasteiger partial charge is 0.339 e. The fourth-order valence-corrected chi connectivity index (χ4v) is 6.25. The molecule has 0 spiro atoms. The van der Waals surface area contributed by atoms with Gasteiger partial charge in [0.05, 0.1) is 17.3 Å². The van der Waals surface area contributed by atoms with E-state index in [0.717, 1.165) is 0 Å². The molecule has 2 aromatic rings. The van der Waals surface area contributed by atoms with Gasteiger partial charge < -0.3 is 14.8 Å². The van der Waals surface area contributed by atoms with Gasteiger partial charge in [0.2, 0.25) is 5.91 Å². The molecule has 11 heteroatoms. The monoisotopic (exact) mass is 491 g/mol. The van der Waals surface area contributed by atoms with E-state index in [4.69, 9.17) is 0 Å². The summed E-state index contributed by atoms with van der Waals surface area (Å²) in [7, 11) is -3.05. The summed E-state index contributed by atoms with van der Waals surface area (Å²) in [6, 6.07) is 6.87. The lowest BCUT2D eigenvalue weighted by atomic mass is 10.1. The Morgan fingerprint density at radius 2 is 2.06 bits per heavy atom. The number of thioether (sulfide) groups is 1. The molecule has 9 nitrogen and oxygen atoms in total. The third kappa shape index (κ3) is 6.23. The van der Waals surface area contributed by atoms with Gasteiger partial charge in [-0.2, -0.15) is 0 Å². The predicted molar refractivity (Wildman–Crippen MR) is 129 cm³/mol. The molecule has 1 unspecified atom stereocenters. The van der Waals surface area contributed by atoms with Crippen molar-refractivity contribution in [1.29, 1.82) is 0 Å². The Labute approximate surface area is 198 Å². The molecule has 0 bridgehead atoms. The van der Waals surface area contributed by atoms with Crippen LogP contribution < -0.4 is 5.32 Å². The molecule has 2 heterocycles. The number of nitrogens with one attached hydrogen (secondary N) is 1. The van der Waals surface area contributed by atoms with Gasteiger partial charge in [-0.1, -0.05) is 23.9 Å². The van der Waals surface area contributed by atoms with Gasteiger partial charge in [-0.3, -0.25) is 9.59 Å². The third-order valence-electron chi connectivity index (χ3n) is 5.43. The highest BCUT2D eigenvalue weighted by Crippen LogP contribution is 2.30. The summed E-state index contributed by atoms with van der Waals surface area (Å²) in [6.45, 7) is 9.26. The standard InChI is InChI=1S/C22H29N5O4S2/c1-4-11-27-20(17-10-12-33(30,31)15-17)24-25-22(27)32-14-19(28)23-18-9-7-8-16(13-18)21(29)26(5-2)6-3/h4,7-9,13,17H,1,5-6,10-12,14-15H2,2-3H3,(H,23,28). The number of nitrogens with zero attached hydrogens (tertiary/aromatic N) is 4. The zero-order valence-electron chi connectivity index (χ0n) is 18.9. The highest BCUT2D eigenvalue weighted by molar-refractivity contribution is 7.99. The maximum Gasteiger partial charge on any atom is 0.253 e. The van der Waals surface area contributed by atoms with Gasteiger partial charge in [0.15, 0.2) is 15.0 Å². The molecule has 1 saturated heterocycles. The molecule has 2 amide bonds. The van der Waals surface area contributed by atoms with Gasteiger partial charge in [-0.05, 0) is 38.5 Å². The second kappa shape index (κ2) is 11.0. The number of amides is 2. The van der Waals surface area contributed by atoms with Crippen molar-refractivity contribution < 1.29 is 18.0 Å². The fourth-order valence-electron chi connectivity index (χ4n) is 3.76. The highest BCUT2D eigenvalue weighted by atomic mass is 32.2. The van der Waals surface area contributed by atoms with E-state index in [-0.39, 0.29) is 35.0 Å². The molecule has 0 radical (unpaired) electrons. The molecule has 1 aromatic heterocycles. The summed E-state index contributed by atoms with van der Waals surface area (Å²) < 4.78 is 25.5. The smallest absolute Gasteiger partial charge is 0.253 e. The number of hydrogen-bond donors (Lipinski definition) is 1. The Hall–Kier alpha value is -2.66. The van der Waals surface area contributed by atoms with E-state index in [1.165, 1.54) is 11.8 Å². The first kappa shape index (κ1) is 25.0. The van der Waals surface area contributed by atoms with Gasteiger partial charge in [0, 0.05) is 36.8 Å². The van der Waals surface area contributed by atoms with Crippen LogP contribution >= 0.6 is 11.8 Å². The van der Waals surface area contributed by atoms with E-state index in [1.807, 2.05) is 18.4 Å². The van der Waals surface area contributed by atoms with Crippen LogP contribution in [0.4, 0.5) is 5.69 Å². The van der Waals surface area contributed by atoms with Crippen molar-refractivity contribution in [2.45, 2.75) is 37.9 Å². The van der Waals surface area contributed by atoms with Crippen molar-refractivity contribution in [2.75, 3.05) is 35.7 Å². The maximum atomic E-state index is 12.6. The van der Waals surface area contributed by atoms with Crippen molar-refractivity contribution in [3.8, 4) is 0 Å². The SMILES string of the molecule is C=CCn1c(SCC(=O)Nc2cccc(C(=O)N(CC)CC)c2)nnc1C1CCS(=O)(=O)C1. The normalized spacial score (nSPS) is 17.0. The fraction of sp³-hybridized carbons (Fsp3) is 0.455. The minimum atomic E-state index is -3.05. The van der Waals surface area contributed by atoms with E-state index in [0.29, 0.717) is 48.3 Å². The molecule has 1 aromatic carbocycles. The zero-order chi connectivity index (χ0) is 24.0. The lowest BCUT2D eigenvalue weighted by Crippen LogP contribution is -2.30. The number of carbonyl (C=O) groups is 2. The molecule has 1 fully saturated rings. The zero-order valence-corrected chi connectivity index (χ0v) is 20.5. The van der Waals surface area contributed by atoms with Gasteiger partial charge in [0.1, 0.15) is 5.82 Å². The van der Waals surface area contributed by atoms with Gasteiger partial charge in [-0.25, -0.2) is 8.42 Å². The molecule has 1 atom stereocenters. The highest BCUT2D eigenvalue weighted by Gasteiger charge is 2.33. The van der Waals surface area contributed by atoms with E-state index in [9.17, 15) is 18.0 Å². The molecular weight excluding hydrogens is 462 g/mol. The molecule has 0 aliphatic carbocycles. The number of allylic oxidation sites excluding steroid dienone is 1. The minimum absolute atomic E-state index is 0.0655. The number of sulfone groups is 1. The van der Waals surface area contributed by atoms with Crippen LogP contribution in [0.25, 0.3) is 0 Å². The average molecular weight is 492 g/mol. The first-order valence-corrected chi connectivity index (χ1v) is 13.6. The first-order valence-electron chi connectivity index (χ1n) is 10.8. The van der Waals surface area contributed by atoms with Crippen LogP contribution in [0.1, 0.15) is 42.4 Å². The van der Waals surface area contributed by atoms with Crippen molar-refractivity contribution >= 4 is 39.1 Å². The topological polar surface area (TPSA) is 114 Å². The summed E-state index contributed by atoms with van der Waals surface area (Å²) >= 11 is 1.22. The van der Waals surface area contributed by atoms with Crippen LogP contribution in [0.2, 0.25) is 0 Å². The number of rotatable bonds is 10. The Balaban J connectivity index is 1.65. The van der Waals surface area contributed by atoms with Crippen LogP contribution in [-0.2, 0) is 21.2 Å². The van der Waals surface area contributed by atoms with Gasteiger partial charge in [-0.15, -0.1) is 16.8 Å². The lowest BCUT2D eigenvalue weighted by molar-refractivity contribution is -0.113. The Morgan fingerprint density at radius 3 is 2.70 bits per heavy atom. The van der Waals surface area contributed by atoms with E-state index < -0.39 is 9.84 Å². The molecule has 1 N–H and O–H groups in total. The number of benzene rings is 1. The molecule has 1 aliphatic heterocycles. The van der Waals surface area contributed by atoms with Crippen molar-refractivity contribution in [2.24, 2.45) is 0 Å². The van der Waals surface area contributed by atoms with Crippen LogP contribution in [0.3, 0.4) is 0 Å². The quantitative estimate of drug-likeness (QED) is 0.401. The molecule has 0 saturated carbocycles. The van der Waals surface area contributed by atoms with Crippen molar-refractivity contribution in [1.82, 2.24) is 19.7 Å². The summed E-state index contributed by atoms with van der Waals surface area (Å²) in [4.78, 5) is 26.8. The molecule has 3 rings (SSSR count). The lowest BCUT2D eigenvalue weighted by Gasteiger charge is -2.19. The number of carbonyl (C=O) groups excluding carboxylic acids is 2. The second-order valence-corrected chi connectivity index (χ2v) is 10.9. The summed E-state index contributed by atoms with van der Waals surface area (Å²) in [5.74, 6) is 0.398. The molecule has 178 valence electrons. The summed E-state index contributed by atoms with van der Waals surface area (Å²) in [6.07, 6.45) is 2.21. The van der Waals surface area contributed by atoms with Gasteiger partial charge in [0.25, 0.3) is 5.91 Å². The second-order valence-electron chi connectivity index (χ2n) is 7.74. The van der Waals surface area contributed by atoms with E-state index >= 15 is 0 Å².